The van der Waals surface area contributed by atoms with Gasteiger partial charge in [-0.3, -0.25) is 0 Å². The molecule has 2 nitrogen and oxygen atoms in total. The van der Waals surface area contributed by atoms with Crippen LogP contribution < -0.4 is 0 Å². The van der Waals surface area contributed by atoms with Crippen LogP contribution >= 0.6 is 0 Å². The van der Waals surface area contributed by atoms with Crippen molar-refractivity contribution in [2.75, 3.05) is 0 Å². The number of phenolic OH excluding ortho intramolecular Hbond substituents is 2. The number of benzene rings is 1. The molecule has 2 N–H and O–H groups in total. The van der Waals surface area contributed by atoms with E-state index >= 15 is 0 Å². The highest BCUT2D eigenvalue weighted by Gasteiger charge is 1.95. The van der Waals surface area contributed by atoms with Gasteiger partial charge in [0.1, 0.15) is 11.5 Å². The van der Waals surface area contributed by atoms with Crippen LogP contribution in [0.15, 0.2) is 24.8 Å². The Balaban J connectivity index is 0.000000561. The lowest BCUT2D eigenvalue weighted by Crippen LogP contribution is -1.72. The molecule has 1 rings (SSSR count). The minimum absolute atomic E-state index is 0.132. The van der Waals surface area contributed by atoms with E-state index in [2.05, 4.69) is 6.58 Å². The molecule has 0 radical (unpaired) electrons. The lowest BCUT2D eigenvalue weighted by molar-refractivity contribution is 0.459. The zero-order valence-corrected chi connectivity index (χ0v) is 7.41. The summed E-state index contributed by atoms with van der Waals surface area (Å²) in [4.78, 5) is 0. The van der Waals surface area contributed by atoms with Crippen molar-refractivity contribution in [1.29, 1.82) is 0 Å². The highest BCUT2D eigenvalue weighted by Crippen LogP contribution is 2.22. The number of rotatable bonds is 1. The van der Waals surface area contributed by atoms with E-state index in [9.17, 15) is 0 Å². The zero-order chi connectivity index (χ0) is 9.56. The Morgan fingerprint density at radius 3 is 2.25 bits per heavy atom. The first-order valence-corrected chi connectivity index (χ1v) is 3.88. The fourth-order valence-electron chi connectivity index (χ4n) is 0.705. The van der Waals surface area contributed by atoms with Crippen molar-refractivity contribution in [3.63, 3.8) is 0 Å². The van der Waals surface area contributed by atoms with Crippen LogP contribution in [0.1, 0.15) is 19.4 Å². The van der Waals surface area contributed by atoms with E-state index in [-0.39, 0.29) is 11.5 Å². The maximum atomic E-state index is 9.05. The molecule has 0 unspecified atom stereocenters. The highest BCUT2D eigenvalue weighted by molar-refractivity contribution is 5.57. The summed E-state index contributed by atoms with van der Waals surface area (Å²) in [6.45, 7) is 7.46. The van der Waals surface area contributed by atoms with E-state index in [4.69, 9.17) is 10.2 Å². The molecule has 0 spiro atoms. The second kappa shape index (κ2) is 5.24. The van der Waals surface area contributed by atoms with E-state index in [0.717, 1.165) is 0 Å². The quantitative estimate of drug-likeness (QED) is 0.630. The van der Waals surface area contributed by atoms with Gasteiger partial charge in [0.2, 0.25) is 0 Å². The maximum Gasteiger partial charge on any atom is 0.123 e. The Hall–Kier alpha value is -1.44. The normalized spacial score (nSPS) is 8.17. The van der Waals surface area contributed by atoms with Crippen LogP contribution in [0, 0.1) is 0 Å². The van der Waals surface area contributed by atoms with Crippen molar-refractivity contribution in [2.45, 2.75) is 13.8 Å². The topological polar surface area (TPSA) is 40.5 Å². The van der Waals surface area contributed by atoms with Gasteiger partial charge in [-0.05, 0) is 18.2 Å². The third-order valence-electron chi connectivity index (χ3n) is 1.23. The lowest BCUT2D eigenvalue weighted by atomic mass is 10.2. The van der Waals surface area contributed by atoms with Crippen LogP contribution in [0.25, 0.3) is 6.08 Å². The van der Waals surface area contributed by atoms with Crippen LogP contribution in [0.5, 0.6) is 11.5 Å². The molecule has 12 heavy (non-hydrogen) atoms. The summed E-state index contributed by atoms with van der Waals surface area (Å²) >= 11 is 0. The number of phenols is 2. The first-order valence-electron chi connectivity index (χ1n) is 3.88. The van der Waals surface area contributed by atoms with E-state index in [0.29, 0.717) is 5.56 Å². The minimum Gasteiger partial charge on any atom is -0.508 e. The summed E-state index contributed by atoms with van der Waals surface area (Å²) in [6, 6.07) is 4.29. The Labute approximate surface area is 72.8 Å². The van der Waals surface area contributed by atoms with Gasteiger partial charge in [0, 0.05) is 5.56 Å². The molecule has 0 heterocycles. The van der Waals surface area contributed by atoms with E-state index in [1.54, 1.807) is 0 Å². The fraction of sp³-hybridized carbons (Fsp3) is 0.200. The van der Waals surface area contributed by atoms with Crippen LogP contribution in [-0.2, 0) is 0 Å². The van der Waals surface area contributed by atoms with E-state index in [1.165, 1.54) is 24.3 Å². The Kier molecular flexibility index (Phi) is 4.61. The van der Waals surface area contributed by atoms with Crippen molar-refractivity contribution in [3.8, 4) is 11.5 Å². The average molecular weight is 166 g/mol. The molecule has 0 saturated heterocycles. The molecule has 0 atom stereocenters. The third kappa shape index (κ3) is 2.66. The molecule has 1 aromatic rings. The molecule has 1 aromatic carbocycles. The average Bonchev–Trinajstić information content (AvgIpc) is 2.13. The predicted molar refractivity (Wildman–Crippen MR) is 51.2 cm³/mol. The summed E-state index contributed by atoms with van der Waals surface area (Å²) in [5.74, 6) is 0.264. The predicted octanol–water partition coefficient (Wildman–Crippen LogP) is 2.77. The molecule has 0 aliphatic carbocycles. The summed E-state index contributed by atoms with van der Waals surface area (Å²) in [7, 11) is 0. The van der Waals surface area contributed by atoms with Crippen LogP contribution in [0.2, 0.25) is 0 Å². The Morgan fingerprint density at radius 2 is 1.83 bits per heavy atom. The van der Waals surface area contributed by atoms with Gasteiger partial charge in [0.15, 0.2) is 0 Å². The smallest absolute Gasteiger partial charge is 0.123 e. The van der Waals surface area contributed by atoms with Gasteiger partial charge in [-0.2, -0.15) is 0 Å². The summed E-state index contributed by atoms with van der Waals surface area (Å²) in [5, 5.41) is 18.0. The van der Waals surface area contributed by atoms with Crippen molar-refractivity contribution in [2.24, 2.45) is 0 Å². The molecule has 0 saturated carbocycles. The molecule has 0 amide bonds. The standard InChI is InChI=1S/C8H8O2.C2H6/c1-2-6-5-7(9)3-4-8(6)10;1-2/h2-5,9-10H,1H2;1-2H3. The molecular formula is C10H14O2. The SMILES string of the molecule is C=Cc1cc(O)ccc1O.CC. The van der Waals surface area contributed by atoms with Crippen molar-refractivity contribution >= 4 is 6.08 Å². The van der Waals surface area contributed by atoms with Crippen molar-refractivity contribution in [3.05, 3.63) is 30.3 Å². The molecule has 0 aliphatic heterocycles. The first kappa shape index (κ1) is 10.6. The van der Waals surface area contributed by atoms with Gasteiger partial charge in [-0.1, -0.05) is 26.5 Å². The molecule has 0 aliphatic rings. The summed E-state index contributed by atoms with van der Waals surface area (Å²) in [6.07, 6.45) is 1.48. The third-order valence-corrected chi connectivity index (χ3v) is 1.23. The van der Waals surface area contributed by atoms with Crippen LogP contribution in [0.4, 0.5) is 0 Å². The van der Waals surface area contributed by atoms with Gasteiger partial charge >= 0.3 is 0 Å². The van der Waals surface area contributed by atoms with Crippen LogP contribution in [-0.4, -0.2) is 10.2 Å². The van der Waals surface area contributed by atoms with Gasteiger partial charge in [0.05, 0.1) is 0 Å². The van der Waals surface area contributed by atoms with Crippen LogP contribution in [0.3, 0.4) is 0 Å². The lowest BCUT2D eigenvalue weighted by Gasteiger charge is -1.97. The van der Waals surface area contributed by atoms with E-state index in [1.807, 2.05) is 13.8 Å². The molecule has 2 heteroatoms. The van der Waals surface area contributed by atoms with Gasteiger partial charge in [0.25, 0.3) is 0 Å². The van der Waals surface area contributed by atoms with Gasteiger partial charge in [-0.25, -0.2) is 0 Å². The number of hydrogen-bond donors (Lipinski definition) is 2. The summed E-state index contributed by atoms with van der Waals surface area (Å²) in [5.41, 5.74) is 0.542. The molecule has 0 fully saturated rings. The van der Waals surface area contributed by atoms with Crippen molar-refractivity contribution in [1.82, 2.24) is 0 Å². The van der Waals surface area contributed by atoms with Gasteiger partial charge in [-0.15, -0.1) is 0 Å². The highest BCUT2D eigenvalue weighted by atomic mass is 16.3. The minimum atomic E-state index is 0.132. The largest absolute Gasteiger partial charge is 0.508 e. The maximum absolute atomic E-state index is 9.05. The summed E-state index contributed by atoms with van der Waals surface area (Å²) < 4.78 is 0. The second-order valence-corrected chi connectivity index (χ2v) is 1.95. The molecule has 0 aromatic heterocycles. The first-order chi connectivity index (χ1) is 5.74. The Morgan fingerprint density at radius 1 is 1.25 bits per heavy atom. The van der Waals surface area contributed by atoms with E-state index < -0.39 is 0 Å². The fourth-order valence-corrected chi connectivity index (χ4v) is 0.705. The molecular weight excluding hydrogens is 152 g/mol. The second-order valence-electron chi connectivity index (χ2n) is 1.95. The molecule has 66 valence electrons. The van der Waals surface area contributed by atoms with Crippen molar-refractivity contribution < 1.29 is 10.2 Å². The number of hydrogen-bond acceptors (Lipinski definition) is 2. The molecule has 0 bridgehead atoms. The number of aromatic hydroxyl groups is 2. The monoisotopic (exact) mass is 166 g/mol. The zero-order valence-electron chi connectivity index (χ0n) is 7.41. The Bertz CT molecular complexity index is 254. The van der Waals surface area contributed by atoms with Gasteiger partial charge < -0.3 is 10.2 Å².